The minimum absolute atomic E-state index is 0.0527. The van der Waals surface area contributed by atoms with Gasteiger partial charge >= 0.3 is 5.97 Å². The second-order valence-electron chi connectivity index (χ2n) is 14.0. The van der Waals surface area contributed by atoms with Crippen molar-refractivity contribution in [3.63, 3.8) is 0 Å². The lowest BCUT2D eigenvalue weighted by Crippen LogP contribution is -2.58. The first-order chi connectivity index (χ1) is 23.3. The molecule has 272 valence electrons. The van der Waals surface area contributed by atoms with E-state index in [0.29, 0.717) is 17.8 Å². The average molecular weight is 700 g/mol. The van der Waals surface area contributed by atoms with Gasteiger partial charge in [0, 0.05) is 38.0 Å². The number of hydrogen-bond acceptors (Lipinski definition) is 8. The number of rotatable bonds is 18. The summed E-state index contributed by atoms with van der Waals surface area (Å²) >= 11 is 1.32. The summed E-state index contributed by atoms with van der Waals surface area (Å²) in [5, 5.41) is 17.9. The highest BCUT2D eigenvalue weighted by Gasteiger charge is 2.37. The lowest BCUT2D eigenvalue weighted by Gasteiger charge is -2.38. The number of aliphatic carboxylic acids is 1. The highest BCUT2D eigenvalue weighted by Crippen LogP contribution is 2.30. The van der Waals surface area contributed by atoms with Crippen molar-refractivity contribution < 1.29 is 29.0 Å². The molecule has 7 unspecified atom stereocenters. The van der Waals surface area contributed by atoms with Gasteiger partial charge in [0.15, 0.2) is 0 Å². The Bertz CT molecular complexity index is 1370. The Morgan fingerprint density at radius 3 is 2.37 bits per heavy atom. The van der Waals surface area contributed by atoms with Gasteiger partial charge in [-0.3, -0.25) is 24.1 Å². The fourth-order valence-corrected chi connectivity index (χ4v) is 7.42. The molecule has 0 aliphatic carbocycles. The van der Waals surface area contributed by atoms with Crippen molar-refractivity contribution in [1.29, 1.82) is 0 Å². The van der Waals surface area contributed by atoms with E-state index >= 15 is 0 Å². The molecule has 0 spiro atoms. The number of methoxy groups -OCH3 is 1. The lowest BCUT2D eigenvalue weighted by atomic mass is 9.92. The number of nitrogens with one attached hydrogen (secondary N) is 2. The molecule has 1 aromatic carbocycles. The number of likely N-dealkylation sites (tertiary alicyclic amines) is 1. The second-order valence-corrected chi connectivity index (χ2v) is 14.9. The Morgan fingerprint density at radius 2 is 1.78 bits per heavy atom. The summed E-state index contributed by atoms with van der Waals surface area (Å²) in [5.41, 5.74) is 1.24. The van der Waals surface area contributed by atoms with Crippen LogP contribution in [0.5, 0.6) is 0 Å². The number of aromatic nitrogens is 1. The number of piperidine rings is 1. The van der Waals surface area contributed by atoms with Gasteiger partial charge in [-0.25, -0.2) is 4.98 Å². The number of carboxylic acid groups (broad SMARTS) is 1. The van der Waals surface area contributed by atoms with Crippen LogP contribution < -0.4 is 10.6 Å². The summed E-state index contributed by atoms with van der Waals surface area (Å²) in [6.07, 6.45) is 4.33. The molecule has 3 N–H and O–H groups in total. The van der Waals surface area contributed by atoms with Gasteiger partial charge in [0.2, 0.25) is 11.8 Å². The Hall–Kier alpha value is -3.35. The monoisotopic (exact) mass is 699 g/mol. The zero-order valence-corrected chi connectivity index (χ0v) is 31.3. The van der Waals surface area contributed by atoms with Gasteiger partial charge in [-0.05, 0) is 56.7 Å². The molecule has 49 heavy (non-hydrogen) atoms. The molecule has 12 heteroatoms. The molecule has 0 bridgehead atoms. The van der Waals surface area contributed by atoms with Crippen LogP contribution in [0.1, 0.15) is 100 Å². The predicted octanol–water partition coefficient (Wildman–Crippen LogP) is 5.17. The molecular formula is C37H57N5O6S. The molecule has 3 amide bonds. The Labute approximate surface area is 296 Å². The zero-order valence-electron chi connectivity index (χ0n) is 30.5. The van der Waals surface area contributed by atoms with Crippen molar-refractivity contribution in [3.8, 4) is 0 Å². The van der Waals surface area contributed by atoms with Gasteiger partial charge in [0.25, 0.3) is 5.91 Å². The summed E-state index contributed by atoms with van der Waals surface area (Å²) in [4.78, 5) is 60.9. The van der Waals surface area contributed by atoms with Crippen LogP contribution in [0.3, 0.4) is 0 Å². The maximum atomic E-state index is 14.1. The van der Waals surface area contributed by atoms with E-state index in [4.69, 9.17) is 4.74 Å². The zero-order chi connectivity index (χ0) is 36.2. The highest BCUT2D eigenvalue weighted by molar-refractivity contribution is 7.09. The SMILES string of the molecule is CCC(C)C(NC(=O)C1CCCCN1C)C(=O)N(C)C(CC(OC)c1nc(C(=O)NC(Cc2ccccc2)CC(C)C(=O)O)cs1)C(C)C. The number of carboxylic acids is 1. The van der Waals surface area contributed by atoms with Crippen LogP contribution in [0.2, 0.25) is 0 Å². The maximum absolute atomic E-state index is 14.1. The smallest absolute Gasteiger partial charge is 0.306 e. The molecule has 7 atom stereocenters. The van der Waals surface area contributed by atoms with Crippen molar-refractivity contribution in [3.05, 3.63) is 52.0 Å². The standard InChI is InChI=1S/C37H57N5O6S/c1-9-24(4)32(40-34(44)29-17-13-14-18-41(29)6)36(45)42(7)30(23(2)3)21-31(48-8)35-39-28(22-49-35)33(43)38-27(19-25(5)37(46)47)20-26-15-11-10-12-16-26/h10-12,15-16,22-25,27,29-32H,9,13-14,17-21H2,1-8H3,(H,38,43)(H,40,44)(H,46,47). The number of carbonyl (C=O) groups excluding carboxylic acids is 3. The van der Waals surface area contributed by atoms with Crippen molar-refractivity contribution >= 4 is 35.0 Å². The van der Waals surface area contributed by atoms with Gasteiger partial charge in [0.1, 0.15) is 22.8 Å². The first-order valence-electron chi connectivity index (χ1n) is 17.6. The number of hydrogen-bond donors (Lipinski definition) is 3. The summed E-state index contributed by atoms with van der Waals surface area (Å²) in [6, 6.07) is 8.14. The van der Waals surface area contributed by atoms with Crippen molar-refractivity contribution in [2.75, 3.05) is 27.7 Å². The van der Waals surface area contributed by atoms with Gasteiger partial charge in [-0.1, -0.05) is 77.8 Å². The van der Waals surface area contributed by atoms with E-state index in [9.17, 15) is 24.3 Å². The molecule has 1 aliphatic rings. The van der Waals surface area contributed by atoms with Gasteiger partial charge in [0.05, 0.1) is 12.0 Å². The Kier molecular flexibility index (Phi) is 15.7. The maximum Gasteiger partial charge on any atom is 0.306 e. The summed E-state index contributed by atoms with van der Waals surface area (Å²) in [5.74, 6) is -2.13. The largest absolute Gasteiger partial charge is 0.481 e. The minimum atomic E-state index is -0.913. The van der Waals surface area contributed by atoms with E-state index in [2.05, 4.69) is 34.4 Å². The second kappa shape index (κ2) is 19.2. The number of benzene rings is 1. The Balaban J connectivity index is 1.74. The van der Waals surface area contributed by atoms with E-state index in [1.165, 1.54) is 11.3 Å². The van der Waals surface area contributed by atoms with Crippen LogP contribution in [-0.4, -0.2) is 95.5 Å². The molecule has 3 rings (SSSR count). The number of likely N-dealkylation sites (N-methyl/N-ethyl adjacent to an activating group) is 2. The molecule has 2 heterocycles. The van der Waals surface area contributed by atoms with Gasteiger partial charge < -0.3 is 25.4 Å². The number of amides is 3. The quantitative estimate of drug-likeness (QED) is 0.194. The fourth-order valence-electron chi connectivity index (χ4n) is 6.54. The van der Waals surface area contributed by atoms with Crippen LogP contribution in [-0.2, 0) is 25.5 Å². The van der Waals surface area contributed by atoms with E-state index < -0.39 is 30.1 Å². The molecule has 11 nitrogen and oxygen atoms in total. The average Bonchev–Trinajstić information content (AvgIpc) is 3.57. The summed E-state index contributed by atoms with van der Waals surface area (Å²) in [6.45, 7) is 10.6. The van der Waals surface area contributed by atoms with E-state index in [1.54, 1.807) is 31.4 Å². The number of ether oxygens (including phenoxy) is 1. The first kappa shape index (κ1) is 40.1. The topological polar surface area (TPSA) is 141 Å². The van der Waals surface area contributed by atoms with Crippen molar-refractivity contribution in [2.24, 2.45) is 17.8 Å². The van der Waals surface area contributed by atoms with Gasteiger partial charge in [-0.15, -0.1) is 11.3 Å². The minimum Gasteiger partial charge on any atom is -0.481 e. The van der Waals surface area contributed by atoms with Gasteiger partial charge in [-0.2, -0.15) is 0 Å². The lowest BCUT2D eigenvalue weighted by molar-refractivity contribution is -0.141. The molecule has 2 aromatic rings. The van der Waals surface area contributed by atoms with Crippen molar-refractivity contribution in [1.82, 2.24) is 25.4 Å². The summed E-state index contributed by atoms with van der Waals surface area (Å²) < 4.78 is 5.90. The molecule has 1 saturated heterocycles. The first-order valence-corrected chi connectivity index (χ1v) is 18.5. The third-order valence-electron chi connectivity index (χ3n) is 9.95. The molecule has 1 fully saturated rings. The molecular weight excluding hydrogens is 643 g/mol. The number of nitrogens with zero attached hydrogens (tertiary/aromatic N) is 3. The third-order valence-corrected chi connectivity index (χ3v) is 10.9. The van der Waals surface area contributed by atoms with Crippen LogP contribution in [0.15, 0.2) is 35.7 Å². The molecule has 0 radical (unpaired) electrons. The van der Waals surface area contributed by atoms with Crippen LogP contribution >= 0.6 is 11.3 Å². The Morgan fingerprint density at radius 1 is 1.08 bits per heavy atom. The molecule has 1 aromatic heterocycles. The van der Waals surface area contributed by atoms with E-state index in [-0.39, 0.29) is 53.8 Å². The van der Waals surface area contributed by atoms with E-state index in [0.717, 1.165) is 37.8 Å². The number of carbonyl (C=O) groups is 4. The van der Waals surface area contributed by atoms with Crippen LogP contribution in [0.25, 0.3) is 0 Å². The fraction of sp³-hybridized carbons (Fsp3) is 0.649. The summed E-state index contributed by atoms with van der Waals surface area (Å²) in [7, 11) is 5.35. The molecule has 0 saturated carbocycles. The number of thiazole rings is 1. The van der Waals surface area contributed by atoms with Crippen LogP contribution in [0.4, 0.5) is 0 Å². The van der Waals surface area contributed by atoms with Crippen molar-refractivity contribution in [2.45, 2.75) is 110 Å². The highest BCUT2D eigenvalue weighted by atomic mass is 32.1. The normalized spacial score (nSPS) is 18.9. The molecule has 1 aliphatic heterocycles. The van der Waals surface area contributed by atoms with Crippen LogP contribution in [0, 0.1) is 17.8 Å². The van der Waals surface area contributed by atoms with E-state index in [1.807, 2.05) is 51.2 Å². The predicted molar refractivity (Wildman–Crippen MR) is 192 cm³/mol. The third kappa shape index (κ3) is 11.3.